The Hall–Kier alpha value is -2.37. The van der Waals surface area contributed by atoms with Crippen LogP contribution in [0.25, 0.3) is 0 Å². The van der Waals surface area contributed by atoms with Gasteiger partial charge < -0.3 is 10.1 Å². The Kier molecular flexibility index (Phi) is 5.52. The summed E-state index contributed by atoms with van der Waals surface area (Å²) in [6, 6.07) is 3.81. The number of pyridine rings is 1. The second kappa shape index (κ2) is 7.59. The van der Waals surface area contributed by atoms with E-state index >= 15 is 0 Å². The molecule has 2 rings (SSSR count). The van der Waals surface area contributed by atoms with Crippen LogP contribution in [0.1, 0.15) is 38.3 Å². The highest BCUT2D eigenvalue weighted by Crippen LogP contribution is 2.23. The van der Waals surface area contributed by atoms with Crippen molar-refractivity contribution in [3.05, 3.63) is 36.3 Å². The molecule has 0 atom stereocenters. The molecule has 6 heteroatoms. The van der Waals surface area contributed by atoms with Gasteiger partial charge in [0.05, 0.1) is 18.4 Å². The van der Waals surface area contributed by atoms with E-state index in [1.807, 2.05) is 11.6 Å². The van der Waals surface area contributed by atoms with Gasteiger partial charge in [-0.1, -0.05) is 13.8 Å². The Balaban J connectivity index is 2.01. The molecule has 22 heavy (non-hydrogen) atoms. The minimum absolute atomic E-state index is 0.0563. The molecule has 2 heterocycles. The molecule has 2 aromatic rings. The van der Waals surface area contributed by atoms with E-state index in [1.165, 1.54) is 0 Å². The van der Waals surface area contributed by atoms with E-state index in [0.717, 1.165) is 24.2 Å². The predicted molar refractivity (Wildman–Crippen MR) is 84.9 cm³/mol. The average Bonchev–Trinajstić information content (AvgIpc) is 2.89. The van der Waals surface area contributed by atoms with Crippen LogP contribution in [0.5, 0.6) is 5.75 Å². The second-order valence-corrected chi connectivity index (χ2v) is 5.12. The van der Waals surface area contributed by atoms with Crippen LogP contribution in [0, 0.1) is 6.92 Å². The highest BCUT2D eigenvalue weighted by Gasteiger charge is 2.16. The van der Waals surface area contributed by atoms with E-state index in [9.17, 15) is 4.79 Å². The summed E-state index contributed by atoms with van der Waals surface area (Å²) in [6.07, 6.45) is 6.94. The molecule has 0 spiro atoms. The largest absolute Gasteiger partial charge is 0.482 e. The zero-order valence-corrected chi connectivity index (χ0v) is 13.2. The molecule has 0 fully saturated rings. The summed E-state index contributed by atoms with van der Waals surface area (Å²) in [6.45, 7) is 6.10. The van der Waals surface area contributed by atoms with E-state index in [2.05, 4.69) is 29.2 Å². The van der Waals surface area contributed by atoms with Crippen LogP contribution >= 0.6 is 0 Å². The quantitative estimate of drug-likeness (QED) is 0.853. The van der Waals surface area contributed by atoms with E-state index in [4.69, 9.17) is 4.74 Å². The number of amides is 1. The van der Waals surface area contributed by atoms with Gasteiger partial charge in [0.15, 0.2) is 6.61 Å². The van der Waals surface area contributed by atoms with Gasteiger partial charge in [0, 0.05) is 11.8 Å². The summed E-state index contributed by atoms with van der Waals surface area (Å²) >= 11 is 0. The minimum Gasteiger partial charge on any atom is -0.482 e. The maximum absolute atomic E-state index is 12.1. The number of hydrogen-bond donors (Lipinski definition) is 1. The van der Waals surface area contributed by atoms with Crippen LogP contribution in [0.15, 0.2) is 30.7 Å². The fourth-order valence-corrected chi connectivity index (χ4v) is 2.27. The fourth-order valence-electron chi connectivity index (χ4n) is 2.27. The van der Waals surface area contributed by atoms with Gasteiger partial charge in [-0.25, -0.2) is 4.68 Å². The molecule has 2 aromatic heterocycles. The number of rotatable bonds is 7. The predicted octanol–water partition coefficient (Wildman–Crippen LogP) is 2.97. The van der Waals surface area contributed by atoms with Gasteiger partial charge in [-0.05, 0) is 31.9 Å². The van der Waals surface area contributed by atoms with Crippen molar-refractivity contribution in [3.8, 4) is 5.75 Å². The molecule has 118 valence electrons. The van der Waals surface area contributed by atoms with Crippen molar-refractivity contribution in [3.63, 3.8) is 0 Å². The van der Waals surface area contributed by atoms with Crippen LogP contribution < -0.4 is 10.1 Å². The van der Waals surface area contributed by atoms with Crippen LogP contribution in [0.3, 0.4) is 0 Å². The van der Waals surface area contributed by atoms with Crippen molar-refractivity contribution in [2.75, 3.05) is 11.9 Å². The maximum Gasteiger partial charge on any atom is 0.263 e. The first-order valence-electron chi connectivity index (χ1n) is 7.52. The number of anilines is 1. The molecule has 6 nitrogen and oxygen atoms in total. The topological polar surface area (TPSA) is 69.0 Å². The lowest BCUT2D eigenvalue weighted by Crippen LogP contribution is -2.23. The first kappa shape index (κ1) is 16.0. The molecule has 0 aliphatic carbocycles. The molecule has 0 unspecified atom stereocenters. The van der Waals surface area contributed by atoms with Gasteiger partial charge >= 0.3 is 0 Å². The second-order valence-electron chi connectivity index (χ2n) is 5.12. The van der Waals surface area contributed by atoms with Crippen molar-refractivity contribution in [2.45, 2.75) is 39.7 Å². The molecule has 0 aliphatic heterocycles. The van der Waals surface area contributed by atoms with Crippen molar-refractivity contribution in [2.24, 2.45) is 0 Å². The smallest absolute Gasteiger partial charge is 0.263 e. The molecule has 1 N–H and O–H groups in total. The fraction of sp³-hybridized carbons (Fsp3) is 0.438. The van der Waals surface area contributed by atoms with Gasteiger partial charge in [-0.15, -0.1) is 0 Å². The number of nitrogens with zero attached hydrogens (tertiary/aromatic N) is 3. The summed E-state index contributed by atoms with van der Waals surface area (Å²) in [4.78, 5) is 16.0. The highest BCUT2D eigenvalue weighted by atomic mass is 16.5. The number of ether oxygens (including phenoxy) is 1. The number of aryl methyl sites for hydroxylation is 1. The molecule has 0 aliphatic rings. The number of carbonyl (C=O) groups is 1. The van der Waals surface area contributed by atoms with E-state index in [-0.39, 0.29) is 18.6 Å². The van der Waals surface area contributed by atoms with Crippen molar-refractivity contribution in [1.82, 2.24) is 14.8 Å². The summed E-state index contributed by atoms with van der Waals surface area (Å²) in [5.41, 5.74) is 0.946. The number of aromatic nitrogens is 3. The minimum atomic E-state index is -0.209. The molecule has 0 aromatic carbocycles. The first-order valence-corrected chi connectivity index (χ1v) is 7.52. The van der Waals surface area contributed by atoms with Crippen LogP contribution in [0.4, 0.5) is 5.82 Å². The Morgan fingerprint density at radius 3 is 2.77 bits per heavy atom. The first-order chi connectivity index (χ1) is 10.7. The molecule has 0 bridgehead atoms. The molecule has 0 saturated heterocycles. The molecular formula is C16H22N4O2. The molecule has 1 amide bonds. The summed E-state index contributed by atoms with van der Waals surface area (Å²) in [5, 5.41) is 7.27. The lowest BCUT2D eigenvalue weighted by Gasteiger charge is -2.17. The Bertz CT molecular complexity index is 606. The number of nitrogens with one attached hydrogen (secondary N) is 1. The van der Waals surface area contributed by atoms with Gasteiger partial charge in [-0.3, -0.25) is 9.78 Å². The third-order valence-corrected chi connectivity index (χ3v) is 3.53. The van der Waals surface area contributed by atoms with Crippen molar-refractivity contribution >= 4 is 11.7 Å². The van der Waals surface area contributed by atoms with E-state index in [1.54, 1.807) is 30.7 Å². The summed E-state index contributed by atoms with van der Waals surface area (Å²) in [5.74, 6) is 1.11. The SMILES string of the molecule is CCC(CC)n1ncc(C)c1NC(=O)COc1cccnc1. The number of carbonyl (C=O) groups excluding carboxylic acids is 1. The molecule has 0 saturated carbocycles. The van der Waals surface area contributed by atoms with E-state index < -0.39 is 0 Å². The number of hydrogen-bond acceptors (Lipinski definition) is 4. The van der Waals surface area contributed by atoms with Gasteiger partial charge in [0.1, 0.15) is 11.6 Å². The normalized spacial score (nSPS) is 10.7. The highest BCUT2D eigenvalue weighted by molar-refractivity contribution is 5.91. The Labute approximate surface area is 130 Å². The zero-order chi connectivity index (χ0) is 15.9. The molecule has 0 radical (unpaired) electrons. The van der Waals surface area contributed by atoms with Gasteiger partial charge in [0.25, 0.3) is 5.91 Å². The lowest BCUT2D eigenvalue weighted by atomic mass is 10.2. The zero-order valence-electron chi connectivity index (χ0n) is 13.2. The third kappa shape index (κ3) is 3.84. The van der Waals surface area contributed by atoms with Crippen LogP contribution in [-0.2, 0) is 4.79 Å². The Morgan fingerprint density at radius 1 is 1.36 bits per heavy atom. The maximum atomic E-state index is 12.1. The van der Waals surface area contributed by atoms with Crippen molar-refractivity contribution < 1.29 is 9.53 Å². The van der Waals surface area contributed by atoms with E-state index in [0.29, 0.717) is 5.75 Å². The molecular weight excluding hydrogens is 280 g/mol. The van der Waals surface area contributed by atoms with Gasteiger partial charge in [-0.2, -0.15) is 5.10 Å². The monoisotopic (exact) mass is 302 g/mol. The van der Waals surface area contributed by atoms with Crippen LogP contribution in [0.2, 0.25) is 0 Å². The van der Waals surface area contributed by atoms with Crippen LogP contribution in [-0.4, -0.2) is 27.3 Å². The Morgan fingerprint density at radius 2 is 2.14 bits per heavy atom. The average molecular weight is 302 g/mol. The lowest BCUT2D eigenvalue weighted by molar-refractivity contribution is -0.118. The standard InChI is InChI=1S/C16H22N4O2/c1-4-13(5-2)20-16(12(3)9-18-20)19-15(21)11-22-14-7-6-8-17-10-14/h6-10,13H,4-5,11H2,1-3H3,(H,19,21). The summed E-state index contributed by atoms with van der Waals surface area (Å²) in [7, 11) is 0. The van der Waals surface area contributed by atoms with Gasteiger partial charge in [0.2, 0.25) is 0 Å². The summed E-state index contributed by atoms with van der Waals surface area (Å²) < 4.78 is 7.29. The van der Waals surface area contributed by atoms with Crippen molar-refractivity contribution in [1.29, 1.82) is 0 Å². The third-order valence-electron chi connectivity index (χ3n) is 3.53.